The van der Waals surface area contributed by atoms with Gasteiger partial charge in [-0.25, -0.2) is 9.59 Å². The van der Waals surface area contributed by atoms with Crippen LogP contribution in [0.4, 0.5) is 0 Å². The van der Waals surface area contributed by atoms with Gasteiger partial charge in [0.05, 0.1) is 6.54 Å². The molecule has 0 unspecified atom stereocenters. The minimum absolute atomic E-state index is 0.0299. The van der Waals surface area contributed by atoms with Gasteiger partial charge in [0.1, 0.15) is 11.5 Å². The molecule has 4 rings (SSSR count). The van der Waals surface area contributed by atoms with Gasteiger partial charge in [-0.15, -0.1) is 0 Å². The van der Waals surface area contributed by atoms with Crippen LogP contribution in [0, 0.1) is 0 Å². The first-order valence-electron chi connectivity index (χ1n) is 6.84. The third-order valence-electron chi connectivity index (χ3n) is 3.32. The van der Waals surface area contributed by atoms with Gasteiger partial charge in [0.2, 0.25) is 16.9 Å². The number of nitrogens with one attached hydrogen (secondary N) is 1. The number of aromatic nitrogens is 1. The average Bonchev–Trinajstić information content (AvgIpc) is 2.69. The van der Waals surface area contributed by atoms with Crippen LogP contribution in [0.1, 0.15) is 5.56 Å². The summed E-state index contributed by atoms with van der Waals surface area (Å²) in [6, 6.07) is 9.40. The fraction of sp³-hybridized carbons (Fsp3) is 0.0625. The van der Waals surface area contributed by atoms with Crippen molar-refractivity contribution in [2.24, 2.45) is 4.99 Å². The molecule has 1 aromatic heterocycles. The first kappa shape index (κ1) is 13.3. The molecular formula is C16H10N2O5. The van der Waals surface area contributed by atoms with Crippen LogP contribution in [-0.4, -0.2) is 10.7 Å². The predicted octanol–water partition coefficient (Wildman–Crippen LogP) is -0.0186. The zero-order chi connectivity index (χ0) is 15.8. The van der Waals surface area contributed by atoms with Crippen LogP contribution in [-0.2, 0) is 6.54 Å². The third-order valence-corrected chi connectivity index (χ3v) is 3.32. The molecule has 114 valence electrons. The van der Waals surface area contributed by atoms with E-state index in [1.807, 2.05) is 18.2 Å². The van der Waals surface area contributed by atoms with Crippen molar-refractivity contribution in [1.29, 1.82) is 0 Å². The second-order valence-corrected chi connectivity index (χ2v) is 4.88. The van der Waals surface area contributed by atoms with Crippen LogP contribution >= 0.6 is 0 Å². The van der Waals surface area contributed by atoms with Gasteiger partial charge in [-0.2, -0.15) is 0 Å². The molecule has 7 nitrogen and oxygen atoms in total. The van der Waals surface area contributed by atoms with Crippen molar-refractivity contribution in [2.45, 2.75) is 6.54 Å². The smallest absolute Gasteiger partial charge is 0.337 e. The monoisotopic (exact) mass is 310 g/mol. The van der Waals surface area contributed by atoms with Crippen molar-refractivity contribution in [3.8, 4) is 5.75 Å². The highest BCUT2D eigenvalue weighted by atomic mass is 16.5. The minimum Gasteiger partial charge on any atom is -0.449 e. The van der Waals surface area contributed by atoms with Crippen LogP contribution in [0.3, 0.4) is 0 Å². The van der Waals surface area contributed by atoms with Gasteiger partial charge in [0, 0.05) is 23.8 Å². The van der Waals surface area contributed by atoms with E-state index in [-0.39, 0.29) is 16.9 Å². The number of hydrogen-bond donors (Lipinski definition) is 1. The Morgan fingerprint density at radius 3 is 2.65 bits per heavy atom. The molecule has 2 bridgehead atoms. The maximum Gasteiger partial charge on any atom is 0.337 e. The SMILES string of the molecule is O=c1ccc(=O)oc2[nH]c(o1)=CC1=NCc3ccccc3OC=21. The molecule has 0 saturated carbocycles. The maximum atomic E-state index is 11.7. The van der Waals surface area contributed by atoms with Gasteiger partial charge in [-0.1, -0.05) is 18.2 Å². The summed E-state index contributed by atoms with van der Waals surface area (Å²) >= 11 is 0. The minimum atomic E-state index is -0.722. The maximum absolute atomic E-state index is 11.7. The Kier molecular flexibility index (Phi) is 2.97. The van der Waals surface area contributed by atoms with Gasteiger partial charge in [0.25, 0.3) is 0 Å². The highest BCUT2D eigenvalue weighted by Crippen LogP contribution is 2.25. The predicted molar refractivity (Wildman–Crippen MR) is 80.8 cm³/mol. The molecule has 2 aliphatic rings. The van der Waals surface area contributed by atoms with Gasteiger partial charge < -0.3 is 13.6 Å². The third kappa shape index (κ3) is 2.48. The molecule has 0 saturated heterocycles. The Balaban J connectivity index is 2.11. The van der Waals surface area contributed by atoms with Gasteiger partial charge in [-0.05, 0) is 6.07 Å². The molecule has 0 aliphatic carbocycles. The topological polar surface area (TPSA) is 97.8 Å². The summed E-state index contributed by atoms with van der Waals surface area (Å²) < 4.78 is 16.1. The van der Waals surface area contributed by atoms with E-state index in [4.69, 9.17) is 13.6 Å². The largest absolute Gasteiger partial charge is 0.449 e. The quantitative estimate of drug-likeness (QED) is 0.737. The summed E-state index contributed by atoms with van der Waals surface area (Å²) in [6.45, 7) is 0.395. The van der Waals surface area contributed by atoms with Gasteiger partial charge in [0.15, 0.2) is 0 Å². The van der Waals surface area contributed by atoms with Crippen LogP contribution < -0.4 is 27.1 Å². The molecule has 0 atom stereocenters. The molecule has 0 fully saturated rings. The summed E-state index contributed by atoms with van der Waals surface area (Å²) in [6.07, 6.45) is 1.52. The van der Waals surface area contributed by atoms with Crippen LogP contribution in [0.15, 0.2) is 59.8 Å². The number of hydrogen-bond acceptors (Lipinski definition) is 6. The lowest BCUT2D eigenvalue weighted by molar-refractivity contribution is 0.406. The summed E-state index contributed by atoms with van der Waals surface area (Å²) in [5.74, 6) is 0.884. The van der Waals surface area contributed by atoms with Crippen LogP contribution in [0.5, 0.6) is 5.75 Å². The number of H-pyrrole nitrogens is 1. The lowest BCUT2D eigenvalue weighted by Gasteiger charge is -2.09. The first-order valence-corrected chi connectivity index (χ1v) is 6.84. The molecule has 3 heterocycles. The molecule has 2 aliphatic heterocycles. The van der Waals surface area contributed by atoms with E-state index < -0.39 is 11.3 Å². The highest BCUT2D eigenvalue weighted by Gasteiger charge is 2.19. The summed E-state index contributed by atoms with van der Waals surface area (Å²) in [7, 11) is 0. The standard InChI is InChI=1S/C16H10N2O5/c19-13-5-6-14(20)23-16-15-10(7-12(18-16)22-13)17-8-9-3-1-2-4-11(9)21-15/h1-7,18H,8H2. The Bertz CT molecular complexity index is 1120. The van der Waals surface area contributed by atoms with Crippen molar-refractivity contribution in [3.63, 3.8) is 0 Å². The average molecular weight is 310 g/mol. The zero-order valence-corrected chi connectivity index (χ0v) is 11.7. The van der Waals surface area contributed by atoms with Crippen molar-refractivity contribution in [2.75, 3.05) is 0 Å². The number of benzene rings is 1. The molecule has 2 aromatic rings. The summed E-state index contributed by atoms with van der Waals surface area (Å²) in [5, 5.41) is 0. The molecule has 0 spiro atoms. The fourth-order valence-electron chi connectivity index (χ4n) is 2.28. The molecule has 0 amide bonds. The Hall–Kier alpha value is -3.35. The Morgan fingerprint density at radius 2 is 1.78 bits per heavy atom. The van der Waals surface area contributed by atoms with Crippen LogP contribution in [0.2, 0.25) is 0 Å². The molecule has 0 radical (unpaired) electrons. The van der Waals surface area contributed by atoms with Crippen molar-refractivity contribution in [3.05, 3.63) is 73.9 Å². The number of ether oxygens (including phenoxy) is 1. The second kappa shape index (κ2) is 5.13. The summed E-state index contributed by atoms with van der Waals surface area (Å²) in [5.41, 5.74) is 0.0482. The molecule has 23 heavy (non-hydrogen) atoms. The molecule has 1 N–H and O–H groups in total. The number of para-hydroxylation sites is 1. The van der Waals surface area contributed by atoms with E-state index in [0.29, 0.717) is 18.0 Å². The molecule has 1 aromatic carbocycles. The van der Waals surface area contributed by atoms with Crippen molar-refractivity contribution >= 4 is 17.5 Å². The highest BCUT2D eigenvalue weighted by molar-refractivity contribution is 6.32. The lowest BCUT2D eigenvalue weighted by atomic mass is 10.2. The van der Waals surface area contributed by atoms with E-state index in [0.717, 1.165) is 17.7 Å². The summed E-state index contributed by atoms with van der Waals surface area (Å²) in [4.78, 5) is 30.4. The number of aromatic amines is 1. The Labute approximate surface area is 128 Å². The van der Waals surface area contributed by atoms with Gasteiger partial charge >= 0.3 is 11.3 Å². The lowest BCUT2D eigenvalue weighted by Crippen LogP contribution is -2.31. The molecule has 7 heteroatoms. The van der Waals surface area contributed by atoms with E-state index in [1.165, 1.54) is 6.08 Å². The van der Waals surface area contributed by atoms with E-state index >= 15 is 0 Å². The molecular weight excluding hydrogens is 300 g/mol. The number of nitrogens with zero attached hydrogens (tertiary/aromatic N) is 1. The number of fused-ring (bicyclic) bond motifs is 4. The first-order chi connectivity index (χ1) is 11.2. The normalized spacial score (nSPS) is 14.3. The number of rotatable bonds is 0. The van der Waals surface area contributed by atoms with Gasteiger partial charge in [-0.3, -0.25) is 9.98 Å². The van der Waals surface area contributed by atoms with Crippen molar-refractivity contribution in [1.82, 2.24) is 4.98 Å². The fourth-order valence-corrected chi connectivity index (χ4v) is 2.28. The van der Waals surface area contributed by atoms with Crippen molar-refractivity contribution < 1.29 is 13.6 Å². The van der Waals surface area contributed by atoms with E-state index in [1.54, 1.807) is 6.07 Å². The van der Waals surface area contributed by atoms with E-state index in [9.17, 15) is 9.59 Å². The Morgan fingerprint density at radius 1 is 1.00 bits per heavy atom. The van der Waals surface area contributed by atoms with E-state index in [2.05, 4.69) is 9.98 Å². The number of aliphatic imine (C=N–C) groups is 1. The van der Waals surface area contributed by atoms with Crippen LogP contribution in [0.25, 0.3) is 11.8 Å². The zero-order valence-electron chi connectivity index (χ0n) is 11.7. The second-order valence-electron chi connectivity index (χ2n) is 4.88.